The number of rotatable bonds is 6. The summed E-state index contributed by atoms with van der Waals surface area (Å²) in [4.78, 5) is 11.8. The minimum atomic E-state index is -1.19. The Morgan fingerprint density at radius 1 is 1.40 bits per heavy atom. The van der Waals surface area contributed by atoms with Gasteiger partial charge in [0.15, 0.2) is 0 Å². The number of hydrogen-bond acceptors (Lipinski definition) is 3. The number of benzene rings is 1. The second kappa shape index (κ2) is 7.86. The summed E-state index contributed by atoms with van der Waals surface area (Å²) in [7, 11) is -1.19. The maximum Gasteiger partial charge on any atom is 0.237 e. The Labute approximate surface area is 131 Å². The molecule has 0 fully saturated rings. The molecule has 0 aliphatic heterocycles. The molecule has 0 aliphatic rings. The van der Waals surface area contributed by atoms with Crippen LogP contribution in [-0.4, -0.2) is 21.6 Å². The molecule has 0 aromatic heterocycles. The Bertz CT molecular complexity index is 500. The van der Waals surface area contributed by atoms with Crippen LogP contribution in [0.1, 0.15) is 20.3 Å². The third-order valence-corrected chi connectivity index (χ3v) is 4.91. The molecule has 3 N–H and O–H groups in total. The van der Waals surface area contributed by atoms with Crippen molar-refractivity contribution in [1.29, 1.82) is 0 Å². The predicted molar refractivity (Wildman–Crippen MR) is 86.8 cm³/mol. The largest absolute Gasteiger partial charge is 0.399 e. The topological polar surface area (TPSA) is 72.2 Å². The first-order chi connectivity index (χ1) is 9.33. The van der Waals surface area contributed by atoms with E-state index in [9.17, 15) is 9.00 Å². The quantitative estimate of drug-likeness (QED) is 0.782. The van der Waals surface area contributed by atoms with Gasteiger partial charge in [0.25, 0.3) is 0 Å². The third-order valence-electron chi connectivity index (χ3n) is 2.79. The first-order valence-corrected chi connectivity index (χ1v) is 8.47. The second-order valence-corrected chi connectivity index (χ2v) is 6.99. The summed E-state index contributed by atoms with van der Waals surface area (Å²) < 4.78 is 11.8. The van der Waals surface area contributed by atoms with Crippen molar-refractivity contribution in [2.75, 3.05) is 22.6 Å². The Morgan fingerprint density at radius 3 is 2.45 bits per heavy atom. The van der Waals surface area contributed by atoms with Crippen molar-refractivity contribution in [2.24, 2.45) is 5.92 Å². The van der Waals surface area contributed by atoms with Crippen LogP contribution in [0.15, 0.2) is 12.1 Å². The highest BCUT2D eigenvalue weighted by Crippen LogP contribution is 2.32. The maximum absolute atomic E-state index is 11.8. The lowest BCUT2D eigenvalue weighted by Crippen LogP contribution is -2.22. The molecule has 0 spiro atoms. The first kappa shape index (κ1) is 17.3. The summed E-state index contributed by atoms with van der Waals surface area (Å²) in [6.07, 6.45) is 0.934. The molecule has 0 radical (unpaired) electrons. The number of carbonyl (C=O) groups is 1. The van der Waals surface area contributed by atoms with Crippen molar-refractivity contribution >= 4 is 51.3 Å². The van der Waals surface area contributed by atoms with Crippen LogP contribution in [0.2, 0.25) is 10.0 Å². The summed E-state index contributed by atoms with van der Waals surface area (Å²) in [6, 6.07) is 3.00. The van der Waals surface area contributed by atoms with Crippen molar-refractivity contribution in [3.63, 3.8) is 0 Å². The van der Waals surface area contributed by atoms with Gasteiger partial charge in [0.05, 0.1) is 15.7 Å². The highest BCUT2D eigenvalue weighted by molar-refractivity contribution is 7.85. The summed E-state index contributed by atoms with van der Waals surface area (Å²) in [5.41, 5.74) is 6.29. The number of hydrogen-bond donors (Lipinski definition) is 2. The van der Waals surface area contributed by atoms with Gasteiger partial charge >= 0.3 is 0 Å². The Morgan fingerprint density at radius 2 is 1.95 bits per heavy atom. The molecule has 1 rings (SSSR count). The van der Waals surface area contributed by atoms with Crippen LogP contribution in [0.5, 0.6) is 0 Å². The average molecular weight is 337 g/mol. The highest BCUT2D eigenvalue weighted by Gasteiger charge is 2.14. The molecule has 2 unspecified atom stereocenters. The van der Waals surface area contributed by atoms with Gasteiger partial charge in [-0.1, -0.05) is 43.5 Å². The maximum atomic E-state index is 11.8. The van der Waals surface area contributed by atoms with Gasteiger partial charge in [-0.25, -0.2) is 0 Å². The highest BCUT2D eigenvalue weighted by atomic mass is 35.5. The van der Waals surface area contributed by atoms with Gasteiger partial charge in [-0.2, -0.15) is 0 Å². The molecule has 0 aliphatic carbocycles. The molecule has 7 heteroatoms. The zero-order valence-electron chi connectivity index (χ0n) is 11.4. The fourth-order valence-electron chi connectivity index (χ4n) is 1.53. The standard InChI is InChI=1S/C13H18Cl2N2O2S/c1-3-8(2)6-20(19)7-12(18)17-13-10(14)4-9(16)5-11(13)15/h4-5,8H,3,6-7,16H2,1-2H3,(H,17,18). The van der Waals surface area contributed by atoms with Gasteiger partial charge < -0.3 is 11.1 Å². The van der Waals surface area contributed by atoms with Gasteiger partial charge in [0.1, 0.15) is 5.75 Å². The van der Waals surface area contributed by atoms with Gasteiger partial charge in [-0.05, 0) is 18.1 Å². The molecular weight excluding hydrogens is 319 g/mol. The van der Waals surface area contributed by atoms with Crippen molar-refractivity contribution in [1.82, 2.24) is 0 Å². The van der Waals surface area contributed by atoms with E-state index in [0.717, 1.165) is 6.42 Å². The molecule has 0 saturated carbocycles. The van der Waals surface area contributed by atoms with Crippen molar-refractivity contribution in [3.8, 4) is 0 Å². The van der Waals surface area contributed by atoms with E-state index in [2.05, 4.69) is 5.32 Å². The molecule has 1 aromatic rings. The van der Waals surface area contributed by atoms with E-state index >= 15 is 0 Å². The smallest absolute Gasteiger partial charge is 0.237 e. The van der Waals surface area contributed by atoms with Gasteiger partial charge in [-0.15, -0.1) is 0 Å². The predicted octanol–water partition coefficient (Wildman–Crippen LogP) is 3.31. The monoisotopic (exact) mass is 336 g/mol. The first-order valence-electron chi connectivity index (χ1n) is 6.22. The number of anilines is 2. The third kappa shape index (κ3) is 5.31. The zero-order valence-corrected chi connectivity index (χ0v) is 13.7. The van der Waals surface area contributed by atoms with E-state index in [1.807, 2.05) is 13.8 Å². The van der Waals surface area contributed by atoms with E-state index in [0.29, 0.717) is 23.0 Å². The number of nitrogens with two attached hydrogens (primary N) is 1. The molecule has 0 saturated heterocycles. The van der Waals surface area contributed by atoms with E-state index < -0.39 is 10.8 Å². The number of nitrogen functional groups attached to an aromatic ring is 1. The fourth-order valence-corrected chi connectivity index (χ4v) is 3.48. The summed E-state index contributed by atoms with van der Waals surface area (Å²) in [5.74, 6) is 0.390. The molecular formula is C13H18Cl2N2O2S. The lowest BCUT2D eigenvalue weighted by molar-refractivity contribution is -0.113. The van der Waals surface area contributed by atoms with Crippen LogP contribution in [0.3, 0.4) is 0 Å². The lowest BCUT2D eigenvalue weighted by Gasteiger charge is -2.11. The van der Waals surface area contributed by atoms with Gasteiger partial charge in [-0.3, -0.25) is 9.00 Å². The molecule has 0 bridgehead atoms. The Hall–Kier alpha value is -0.780. The zero-order chi connectivity index (χ0) is 15.3. The molecule has 20 heavy (non-hydrogen) atoms. The molecule has 2 atom stereocenters. The van der Waals surface area contributed by atoms with Crippen LogP contribution in [-0.2, 0) is 15.6 Å². The summed E-state index contributed by atoms with van der Waals surface area (Å²) >= 11 is 11.9. The van der Waals surface area contributed by atoms with Crippen LogP contribution in [0.25, 0.3) is 0 Å². The van der Waals surface area contributed by atoms with E-state index in [4.69, 9.17) is 28.9 Å². The van der Waals surface area contributed by atoms with E-state index in [1.54, 1.807) is 0 Å². The molecule has 4 nitrogen and oxygen atoms in total. The Balaban J connectivity index is 2.66. The SMILES string of the molecule is CCC(C)CS(=O)CC(=O)Nc1c(Cl)cc(N)cc1Cl. The fraction of sp³-hybridized carbons (Fsp3) is 0.462. The lowest BCUT2D eigenvalue weighted by atomic mass is 10.2. The molecule has 112 valence electrons. The van der Waals surface area contributed by atoms with Crippen LogP contribution >= 0.6 is 23.2 Å². The number of nitrogens with one attached hydrogen (secondary N) is 1. The van der Waals surface area contributed by atoms with Crippen molar-refractivity contribution < 1.29 is 9.00 Å². The molecule has 1 aromatic carbocycles. The average Bonchev–Trinajstić information content (AvgIpc) is 2.33. The summed E-state index contributed by atoms with van der Waals surface area (Å²) in [6.45, 7) is 4.03. The van der Waals surface area contributed by atoms with Crippen molar-refractivity contribution in [3.05, 3.63) is 22.2 Å². The minimum Gasteiger partial charge on any atom is -0.399 e. The normalized spacial score (nSPS) is 13.8. The number of carbonyl (C=O) groups excluding carboxylic acids is 1. The number of amides is 1. The van der Waals surface area contributed by atoms with Crippen LogP contribution in [0, 0.1) is 5.92 Å². The van der Waals surface area contributed by atoms with Crippen LogP contribution < -0.4 is 11.1 Å². The Kier molecular flexibility index (Phi) is 6.79. The molecule has 1 amide bonds. The van der Waals surface area contributed by atoms with Crippen LogP contribution in [0.4, 0.5) is 11.4 Å². The van der Waals surface area contributed by atoms with E-state index in [1.165, 1.54) is 12.1 Å². The van der Waals surface area contributed by atoms with E-state index in [-0.39, 0.29) is 21.7 Å². The van der Waals surface area contributed by atoms with Gasteiger partial charge in [0, 0.05) is 22.2 Å². The number of halogens is 2. The minimum absolute atomic E-state index is 0.0681. The van der Waals surface area contributed by atoms with Crippen molar-refractivity contribution in [2.45, 2.75) is 20.3 Å². The molecule has 0 heterocycles. The summed E-state index contributed by atoms with van der Waals surface area (Å²) in [5, 5.41) is 3.10. The second-order valence-electron chi connectivity index (χ2n) is 4.67. The van der Waals surface area contributed by atoms with Gasteiger partial charge in [0.2, 0.25) is 5.91 Å².